The Kier molecular flexibility index (Phi) is 10.2. The van der Waals surface area contributed by atoms with Gasteiger partial charge in [0.2, 0.25) is 0 Å². The monoisotopic (exact) mass is 500 g/mol. The van der Waals surface area contributed by atoms with E-state index in [1.807, 2.05) is 44.4 Å². The molecule has 2 aromatic rings. The van der Waals surface area contributed by atoms with Crippen molar-refractivity contribution in [3.63, 3.8) is 0 Å². The number of aromatic nitrogens is 1. The van der Waals surface area contributed by atoms with Gasteiger partial charge < -0.3 is 24.8 Å². The molecular formula is C29H44N2O5. The van der Waals surface area contributed by atoms with E-state index in [0.29, 0.717) is 38.1 Å². The molecule has 0 aliphatic carbocycles. The van der Waals surface area contributed by atoms with Gasteiger partial charge in [-0.1, -0.05) is 39.8 Å². The molecule has 0 fully saturated rings. The Bertz CT molecular complexity index is 1030. The normalized spacial score (nSPS) is 12.9. The summed E-state index contributed by atoms with van der Waals surface area (Å²) in [6, 6.07) is 9.07. The molecule has 0 bridgehead atoms. The fourth-order valence-corrected chi connectivity index (χ4v) is 4.99. The summed E-state index contributed by atoms with van der Waals surface area (Å²) in [7, 11) is 0. The van der Waals surface area contributed by atoms with E-state index in [0.717, 1.165) is 35.4 Å². The van der Waals surface area contributed by atoms with Gasteiger partial charge in [-0.3, -0.25) is 9.59 Å². The molecule has 0 aliphatic rings. The van der Waals surface area contributed by atoms with Crippen LogP contribution in [0.2, 0.25) is 0 Å². The molecule has 1 unspecified atom stereocenters. The number of hydrogen-bond donors (Lipinski definition) is 3. The molecule has 0 aliphatic heterocycles. The summed E-state index contributed by atoms with van der Waals surface area (Å²) in [5.41, 5.74) is 2.66. The first-order valence-corrected chi connectivity index (χ1v) is 13.2. The van der Waals surface area contributed by atoms with Crippen LogP contribution in [0.3, 0.4) is 0 Å². The van der Waals surface area contributed by atoms with Crippen molar-refractivity contribution in [3.8, 4) is 5.75 Å². The van der Waals surface area contributed by atoms with Crippen LogP contribution >= 0.6 is 0 Å². The van der Waals surface area contributed by atoms with Gasteiger partial charge in [0.1, 0.15) is 17.5 Å². The average molecular weight is 501 g/mol. The highest BCUT2D eigenvalue weighted by Gasteiger charge is 2.35. The maximum atomic E-state index is 12.9. The molecule has 1 aromatic heterocycles. The summed E-state index contributed by atoms with van der Waals surface area (Å²) in [6.07, 6.45) is 3.66. The van der Waals surface area contributed by atoms with E-state index in [1.165, 1.54) is 6.92 Å². The summed E-state index contributed by atoms with van der Waals surface area (Å²) in [5, 5.41) is 22.3. The van der Waals surface area contributed by atoms with Crippen LogP contribution in [-0.4, -0.2) is 44.9 Å². The molecule has 0 saturated carbocycles. The Morgan fingerprint density at radius 2 is 1.67 bits per heavy atom. The van der Waals surface area contributed by atoms with Crippen molar-refractivity contribution in [2.75, 3.05) is 6.61 Å². The number of aliphatic carboxylic acids is 1. The number of nitrogens with zero attached hydrogens (tertiary/aromatic N) is 1. The molecule has 1 amide bonds. The summed E-state index contributed by atoms with van der Waals surface area (Å²) in [4.78, 5) is 24.1. The summed E-state index contributed by atoms with van der Waals surface area (Å²) >= 11 is 0. The highest BCUT2D eigenvalue weighted by molar-refractivity contribution is 5.95. The zero-order valence-corrected chi connectivity index (χ0v) is 23.0. The van der Waals surface area contributed by atoms with Crippen molar-refractivity contribution < 1.29 is 24.5 Å². The van der Waals surface area contributed by atoms with Gasteiger partial charge in [-0.25, -0.2) is 0 Å². The third-order valence-electron chi connectivity index (χ3n) is 7.81. The third-order valence-corrected chi connectivity index (χ3v) is 7.81. The first kappa shape index (κ1) is 29.4. The number of aryl methyl sites for hydroxylation is 1. The molecule has 7 heteroatoms. The van der Waals surface area contributed by atoms with Crippen molar-refractivity contribution >= 4 is 11.9 Å². The smallest absolute Gasteiger partial charge is 0.325 e. The first-order valence-electron chi connectivity index (χ1n) is 13.2. The number of ether oxygens (including phenoxy) is 1. The van der Waals surface area contributed by atoms with Crippen molar-refractivity contribution in [2.24, 2.45) is 0 Å². The fourth-order valence-electron chi connectivity index (χ4n) is 4.99. The number of amides is 1. The van der Waals surface area contributed by atoms with Crippen molar-refractivity contribution in [1.82, 2.24) is 9.88 Å². The van der Waals surface area contributed by atoms with Crippen LogP contribution in [0.4, 0.5) is 0 Å². The third kappa shape index (κ3) is 6.12. The first-order chi connectivity index (χ1) is 17.0. The maximum absolute atomic E-state index is 12.9. The molecule has 3 N–H and O–H groups in total. The van der Waals surface area contributed by atoms with Crippen LogP contribution in [0.15, 0.2) is 30.3 Å². The second-order valence-electron chi connectivity index (χ2n) is 9.68. The van der Waals surface area contributed by atoms with E-state index in [2.05, 4.69) is 31.3 Å². The lowest BCUT2D eigenvalue weighted by molar-refractivity contribution is -0.138. The average Bonchev–Trinajstić information content (AvgIpc) is 3.31. The van der Waals surface area contributed by atoms with Gasteiger partial charge >= 0.3 is 5.97 Å². The molecule has 0 saturated heterocycles. The van der Waals surface area contributed by atoms with Crippen LogP contribution in [0.5, 0.6) is 5.75 Å². The minimum atomic E-state index is -1.07. The summed E-state index contributed by atoms with van der Waals surface area (Å²) in [5.74, 6) is -0.650. The molecule has 1 aromatic carbocycles. The largest absolute Gasteiger partial charge is 0.493 e. The minimum absolute atomic E-state index is 0.319. The predicted molar refractivity (Wildman–Crippen MR) is 143 cm³/mol. The SMILES string of the molecule is CCn1c(C(=O)NC(C)C(=O)O)ccc1C(CC)(CC)c1ccc(OCCC(O)(CC)CC)c(C)c1. The fraction of sp³-hybridized carbons (Fsp3) is 0.586. The van der Waals surface area contributed by atoms with Crippen LogP contribution < -0.4 is 10.1 Å². The van der Waals surface area contributed by atoms with Gasteiger partial charge in [-0.05, 0) is 75.8 Å². The van der Waals surface area contributed by atoms with Crippen molar-refractivity contribution in [3.05, 3.63) is 52.8 Å². The molecule has 200 valence electrons. The number of hydrogen-bond acceptors (Lipinski definition) is 4. The van der Waals surface area contributed by atoms with Crippen molar-refractivity contribution in [2.45, 2.75) is 104 Å². The molecule has 36 heavy (non-hydrogen) atoms. The molecule has 1 heterocycles. The Morgan fingerprint density at radius 1 is 1.03 bits per heavy atom. The number of aliphatic hydroxyl groups is 1. The topological polar surface area (TPSA) is 101 Å². The Hall–Kier alpha value is -2.80. The van der Waals surface area contributed by atoms with E-state index in [1.54, 1.807) is 6.07 Å². The van der Waals surface area contributed by atoms with Crippen LogP contribution in [0.25, 0.3) is 0 Å². The Morgan fingerprint density at radius 3 is 2.17 bits per heavy atom. The number of carbonyl (C=O) groups is 2. The van der Waals surface area contributed by atoms with E-state index in [4.69, 9.17) is 4.74 Å². The molecule has 1 atom stereocenters. The lowest BCUT2D eigenvalue weighted by Gasteiger charge is -2.35. The molecule has 0 radical (unpaired) electrons. The van der Waals surface area contributed by atoms with Crippen LogP contribution in [0, 0.1) is 6.92 Å². The quantitative estimate of drug-likeness (QED) is 0.320. The zero-order chi connectivity index (χ0) is 27.1. The summed E-state index contributed by atoms with van der Waals surface area (Å²) < 4.78 is 8.04. The Balaban J connectivity index is 2.39. The summed E-state index contributed by atoms with van der Waals surface area (Å²) in [6.45, 7) is 14.8. The number of rotatable bonds is 14. The van der Waals surface area contributed by atoms with Gasteiger partial charge in [0, 0.05) is 24.1 Å². The standard InChI is InChI=1S/C29H44N2O5/c1-8-28(35,9-2)17-18-36-24-15-13-22(19-20(24)6)29(10-3,11-4)25-16-14-23(31(25)12-5)26(32)30-21(7)27(33)34/h13-16,19,21,35H,8-12,17-18H2,1-7H3,(H,30,32)(H,33,34). The minimum Gasteiger partial charge on any atom is -0.493 e. The van der Waals surface area contributed by atoms with E-state index in [9.17, 15) is 19.8 Å². The van der Waals surface area contributed by atoms with E-state index < -0.39 is 23.5 Å². The van der Waals surface area contributed by atoms with Gasteiger partial charge in [0.15, 0.2) is 0 Å². The molecule has 2 rings (SSSR count). The number of carboxylic acid groups (broad SMARTS) is 1. The van der Waals surface area contributed by atoms with Crippen LogP contribution in [0.1, 0.15) is 101 Å². The predicted octanol–water partition coefficient (Wildman–Crippen LogP) is 5.45. The maximum Gasteiger partial charge on any atom is 0.325 e. The van der Waals surface area contributed by atoms with Crippen molar-refractivity contribution in [1.29, 1.82) is 0 Å². The number of nitrogens with one attached hydrogen (secondary N) is 1. The molecular weight excluding hydrogens is 456 g/mol. The molecule has 0 spiro atoms. The van der Waals surface area contributed by atoms with E-state index >= 15 is 0 Å². The number of benzene rings is 1. The van der Waals surface area contributed by atoms with Gasteiger partial charge in [-0.15, -0.1) is 0 Å². The number of carbonyl (C=O) groups excluding carboxylic acids is 1. The van der Waals surface area contributed by atoms with Gasteiger partial charge in [0.05, 0.1) is 12.2 Å². The van der Waals surface area contributed by atoms with E-state index in [-0.39, 0.29) is 5.41 Å². The zero-order valence-electron chi connectivity index (χ0n) is 23.0. The van der Waals surface area contributed by atoms with Gasteiger partial charge in [0.25, 0.3) is 5.91 Å². The lowest BCUT2D eigenvalue weighted by Crippen LogP contribution is -2.39. The number of carboxylic acids is 1. The van der Waals surface area contributed by atoms with Crippen LogP contribution in [-0.2, 0) is 16.8 Å². The van der Waals surface area contributed by atoms with Gasteiger partial charge in [-0.2, -0.15) is 0 Å². The second-order valence-corrected chi connectivity index (χ2v) is 9.68. The highest BCUT2D eigenvalue weighted by atomic mass is 16.5. The second kappa shape index (κ2) is 12.4. The molecule has 7 nitrogen and oxygen atoms in total. The Labute approximate surface area is 215 Å². The lowest BCUT2D eigenvalue weighted by atomic mass is 9.72. The highest BCUT2D eigenvalue weighted by Crippen LogP contribution is 2.41.